The van der Waals surface area contributed by atoms with Crippen molar-refractivity contribution in [1.29, 1.82) is 0 Å². The molecule has 1 aliphatic heterocycles. The number of hydrogen-bond acceptors (Lipinski definition) is 3. The summed E-state index contributed by atoms with van der Waals surface area (Å²) in [5.74, 6) is 0. The van der Waals surface area contributed by atoms with E-state index in [-0.39, 0.29) is 5.69 Å². The summed E-state index contributed by atoms with van der Waals surface area (Å²) < 4.78 is 1.50. The molecule has 4 heteroatoms. The number of hydrogen-bond donors (Lipinski definition) is 1. The Morgan fingerprint density at radius 3 is 3.31 bits per heavy atom. The van der Waals surface area contributed by atoms with Crippen LogP contribution in [0.25, 0.3) is 5.70 Å². The Kier molecular flexibility index (Phi) is 1.73. The summed E-state index contributed by atoms with van der Waals surface area (Å²) in [6.07, 6.45) is 5.03. The lowest BCUT2D eigenvalue weighted by Crippen LogP contribution is -2.24. The summed E-state index contributed by atoms with van der Waals surface area (Å²) in [6.45, 7) is 4.39. The van der Waals surface area contributed by atoms with Gasteiger partial charge in [-0.15, -0.1) is 0 Å². The van der Waals surface area contributed by atoms with E-state index < -0.39 is 0 Å². The Morgan fingerprint density at radius 1 is 1.62 bits per heavy atom. The van der Waals surface area contributed by atoms with Crippen LogP contribution in [0.3, 0.4) is 0 Å². The first-order valence-electron chi connectivity index (χ1n) is 3.95. The molecule has 0 spiro atoms. The fourth-order valence-electron chi connectivity index (χ4n) is 1.28. The van der Waals surface area contributed by atoms with Crippen LogP contribution >= 0.6 is 0 Å². The molecular formula is C9H9N3O. The van der Waals surface area contributed by atoms with Gasteiger partial charge in [-0.3, -0.25) is 4.57 Å². The maximum atomic E-state index is 11.4. The second-order valence-electron chi connectivity index (χ2n) is 2.76. The lowest BCUT2D eigenvalue weighted by Gasteiger charge is -2.07. The third-order valence-electron chi connectivity index (χ3n) is 1.89. The molecule has 1 aliphatic rings. The van der Waals surface area contributed by atoms with E-state index in [4.69, 9.17) is 0 Å². The molecule has 1 N–H and O–H groups in total. The third-order valence-corrected chi connectivity index (χ3v) is 1.89. The summed E-state index contributed by atoms with van der Waals surface area (Å²) in [7, 11) is 0. The maximum absolute atomic E-state index is 11.4. The Balaban J connectivity index is 2.69. The maximum Gasteiger partial charge on any atom is 0.352 e. The van der Waals surface area contributed by atoms with E-state index in [1.807, 2.05) is 0 Å². The molecule has 0 fully saturated rings. The normalized spacial score (nSPS) is 14.6. The minimum Gasteiger partial charge on any atom is -0.385 e. The van der Waals surface area contributed by atoms with Gasteiger partial charge in [-0.2, -0.15) is 0 Å². The number of fused-ring (bicyclic) bond motifs is 1. The summed E-state index contributed by atoms with van der Waals surface area (Å²) in [5, 5.41) is 3.03. The van der Waals surface area contributed by atoms with Crippen molar-refractivity contribution in [1.82, 2.24) is 14.9 Å². The number of aromatic nitrogens is 2. The minimum absolute atomic E-state index is 0.282. The van der Waals surface area contributed by atoms with Crippen molar-refractivity contribution >= 4 is 5.70 Å². The SMILES string of the molecule is C=C1C=CNCc2ccnc(=O)n21. The van der Waals surface area contributed by atoms with E-state index in [2.05, 4.69) is 16.9 Å². The van der Waals surface area contributed by atoms with Crippen LogP contribution in [-0.4, -0.2) is 9.55 Å². The summed E-state index contributed by atoms with van der Waals surface area (Å²) in [6, 6.07) is 1.80. The number of nitrogens with zero attached hydrogens (tertiary/aromatic N) is 2. The van der Waals surface area contributed by atoms with Crippen LogP contribution in [0.5, 0.6) is 0 Å². The van der Waals surface area contributed by atoms with Crippen molar-refractivity contribution < 1.29 is 0 Å². The molecule has 0 saturated carbocycles. The van der Waals surface area contributed by atoms with Gasteiger partial charge in [0.25, 0.3) is 0 Å². The van der Waals surface area contributed by atoms with Crippen LogP contribution in [-0.2, 0) is 6.54 Å². The van der Waals surface area contributed by atoms with E-state index in [0.717, 1.165) is 5.69 Å². The highest BCUT2D eigenvalue weighted by Crippen LogP contribution is 2.07. The first-order chi connectivity index (χ1) is 6.29. The Hall–Kier alpha value is -1.84. The first kappa shape index (κ1) is 7.79. The van der Waals surface area contributed by atoms with E-state index in [0.29, 0.717) is 12.2 Å². The molecule has 2 heterocycles. The summed E-state index contributed by atoms with van der Waals surface area (Å²) >= 11 is 0. The molecule has 0 aliphatic carbocycles. The van der Waals surface area contributed by atoms with Crippen molar-refractivity contribution in [2.45, 2.75) is 6.54 Å². The van der Waals surface area contributed by atoms with Gasteiger partial charge < -0.3 is 5.32 Å². The topological polar surface area (TPSA) is 46.9 Å². The molecule has 0 radical (unpaired) electrons. The zero-order valence-corrected chi connectivity index (χ0v) is 7.03. The van der Waals surface area contributed by atoms with Crippen LogP contribution < -0.4 is 11.0 Å². The number of nitrogens with one attached hydrogen (secondary N) is 1. The largest absolute Gasteiger partial charge is 0.385 e. The lowest BCUT2D eigenvalue weighted by atomic mass is 10.3. The molecule has 4 nitrogen and oxygen atoms in total. The van der Waals surface area contributed by atoms with Crippen LogP contribution in [0.4, 0.5) is 0 Å². The molecule has 13 heavy (non-hydrogen) atoms. The second-order valence-corrected chi connectivity index (χ2v) is 2.76. The van der Waals surface area contributed by atoms with Crippen molar-refractivity contribution in [3.05, 3.63) is 47.3 Å². The zero-order valence-electron chi connectivity index (χ0n) is 7.03. The molecule has 0 amide bonds. The average molecular weight is 175 g/mol. The van der Waals surface area contributed by atoms with Crippen molar-refractivity contribution in [3.63, 3.8) is 0 Å². The Bertz CT molecular complexity index is 431. The van der Waals surface area contributed by atoms with Gasteiger partial charge in [0.1, 0.15) is 0 Å². The quantitative estimate of drug-likeness (QED) is 0.618. The predicted octanol–water partition coefficient (Wildman–Crippen LogP) is 0.331. The summed E-state index contributed by atoms with van der Waals surface area (Å²) in [5.41, 5.74) is 1.23. The molecular weight excluding hydrogens is 166 g/mol. The molecule has 0 aromatic carbocycles. The fraction of sp³-hybridized carbons (Fsp3) is 0.111. The molecule has 0 bridgehead atoms. The third kappa shape index (κ3) is 1.26. The van der Waals surface area contributed by atoms with Gasteiger partial charge >= 0.3 is 5.69 Å². The van der Waals surface area contributed by atoms with Gasteiger partial charge in [0.2, 0.25) is 0 Å². The molecule has 66 valence electrons. The standard InChI is InChI=1S/C9H9N3O/c1-7-2-4-10-6-8-3-5-11-9(13)12(7)8/h2-5,10H,1,6H2. The van der Waals surface area contributed by atoms with Crippen LogP contribution in [0, 0.1) is 0 Å². The van der Waals surface area contributed by atoms with Crippen LogP contribution in [0.2, 0.25) is 0 Å². The van der Waals surface area contributed by atoms with E-state index in [1.165, 1.54) is 10.8 Å². The molecule has 0 saturated heterocycles. The number of rotatable bonds is 0. The van der Waals surface area contributed by atoms with Gasteiger partial charge in [0, 0.05) is 17.6 Å². The molecule has 0 unspecified atom stereocenters. The molecule has 2 rings (SSSR count). The highest BCUT2D eigenvalue weighted by Gasteiger charge is 2.07. The van der Waals surface area contributed by atoms with Crippen LogP contribution in [0.1, 0.15) is 5.69 Å². The molecule has 1 aromatic rings. The van der Waals surface area contributed by atoms with E-state index in [9.17, 15) is 4.79 Å². The molecule has 1 aromatic heterocycles. The fourth-order valence-corrected chi connectivity index (χ4v) is 1.28. The van der Waals surface area contributed by atoms with Crippen molar-refractivity contribution in [2.75, 3.05) is 0 Å². The average Bonchev–Trinajstić information content (AvgIpc) is 2.29. The monoisotopic (exact) mass is 175 g/mol. The minimum atomic E-state index is -0.282. The summed E-state index contributed by atoms with van der Waals surface area (Å²) in [4.78, 5) is 15.0. The van der Waals surface area contributed by atoms with E-state index >= 15 is 0 Å². The lowest BCUT2D eigenvalue weighted by molar-refractivity contribution is 0.784. The highest BCUT2D eigenvalue weighted by atomic mass is 16.1. The van der Waals surface area contributed by atoms with Crippen LogP contribution in [0.15, 0.2) is 35.9 Å². The highest BCUT2D eigenvalue weighted by molar-refractivity contribution is 5.55. The first-order valence-corrected chi connectivity index (χ1v) is 3.95. The predicted molar refractivity (Wildman–Crippen MR) is 49.8 cm³/mol. The van der Waals surface area contributed by atoms with Gasteiger partial charge in [-0.25, -0.2) is 9.78 Å². The Morgan fingerprint density at radius 2 is 2.46 bits per heavy atom. The number of allylic oxidation sites excluding steroid dienone is 2. The van der Waals surface area contributed by atoms with E-state index in [1.54, 1.807) is 18.3 Å². The van der Waals surface area contributed by atoms with Gasteiger partial charge in [0.05, 0.1) is 6.54 Å². The Labute approximate surface area is 75.2 Å². The van der Waals surface area contributed by atoms with Gasteiger partial charge in [-0.1, -0.05) is 6.58 Å². The van der Waals surface area contributed by atoms with Crippen molar-refractivity contribution in [2.24, 2.45) is 0 Å². The second kappa shape index (κ2) is 2.90. The van der Waals surface area contributed by atoms with Crippen molar-refractivity contribution in [3.8, 4) is 0 Å². The zero-order chi connectivity index (χ0) is 9.26. The van der Waals surface area contributed by atoms with Gasteiger partial charge in [0.15, 0.2) is 0 Å². The molecule has 0 atom stereocenters. The van der Waals surface area contributed by atoms with Gasteiger partial charge in [-0.05, 0) is 18.3 Å². The smallest absolute Gasteiger partial charge is 0.352 e.